The lowest BCUT2D eigenvalue weighted by atomic mass is 9.98. The van der Waals surface area contributed by atoms with Crippen LogP contribution in [0.5, 0.6) is 11.6 Å². The number of fused-ring (bicyclic) bond motifs is 2. The Morgan fingerprint density at radius 1 is 1.17 bits per heavy atom. The van der Waals surface area contributed by atoms with E-state index in [-0.39, 0.29) is 35.5 Å². The first-order valence-corrected chi connectivity index (χ1v) is 14.0. The smallest absolute Gasteiger partial charge is 0.416 e. The van der Waals surface area contributed by atoms with E-state index in [1.54, 1.807) is 6.20 Å². The van der Waals surface area contributed by atoms with Crippen LogP contribution in [0.25, 0.3) is 0 Å². The van der Waals surface area contributed by atoms with Gasteiger partial charge in [0, 0.05) is 54.6 Å². The van der Waals surface area contributed by atoms with Gasteiger partial charge in [-0.15, -0.1) is 11.3 Å². The standard InChI is InChI=1S/C28H27F4N5O4S/c1-15-13-35(8-9-36(15)17-6-7-33-22(11-17)41-3)26-34-23-19(14-42-24(23)29)27(12-18(27)25(38)39)37(26)20-10-16(28(30,31)32)4-5-21(20)40-2/h4-7,10-11,14-15,18H,8-9,12-13H2,1-3H3,(H,38,39)/t15-,18?,27?/m1/s1. The molecule has 2 aliphatic heterocycles. The van der Waals surface area contributed by atoms with Gasteiger partial charge in [0.05, 0.1) is 36.9 Å². The minimum absolute atomic E-state index is 0.0148. The summed E-state index contributed by atoms with van der Waals surface area (Å²) in [5, 5.41) is 11.0. The summed E-state index contributed by atoms with van der Waals surface area (Å²) in [6.45, 7) is 3.23. The number of thiophene rings is 1. The van der Waals surface area contributed by atoms with Crippen molar-refractivity contribution in [1.29, 1.82) is 0 Å². The van der Waals surface area contributed by atoms with Crippen LogP contribution < -0.4 is 19.3 Å². The number of hydrogen-bond acceptors (Lipinski definition) is 9. The number of alkyl halides is 3. The molecule has 2 unspecified atom stereocenters. The summed E-state index contributed by atoms with van der Waals surface area (Å²) in [7, 11) is 2.86. The normalized spacial score (nSPS) is 23.5. The monoisotopic (exact) mass is 605 g/mol. The van der Waals surface area contributed by atoms with Crippen molar-refractivity contribution in [1.82, 2.24) is 9.88 Å². The molecule has 0 radical (unpaired) electrons. The molecule has 9 nitrogen and oxygen atoms in total. The molecule has 1 aliphatic carbocycles. The summed E-state index contributed by atoms with van der Waals surface area (Å²) in [5.41, 5.74) is -0.999. The molecule has 1 saturated heterocycles. The molecule has 1 aromatic carbocycles. The number of guanidine groups is 1. The van der Waals surface area contributed by atoms with Crippen molar-refractivity contribution < 1.29 is 36.9 Å². The number of aliphatic carboxylic acids is 1. The molecule has 3 atom stereocenters. The number of aliphatic imine (C=N–C) groups is 1. The zero-order chi connectivity index (χ0) is 30.0. The highest BCUT2D eigenvalue weighted by molar-refractivity contribution is 7.08. The molecule has 1 N–H and O–H groups in total. The number of halogens is 4. The number of nitrogens with zero attached hydrogens (tertiary/aromatic N) is 5. The maximum absolute atomic E-state index is 15.1. The fourth-order valence-corrected chi connectivity index (χ4v) is 6.87. The van der Waals surface area contributed by atoms with Crippen molar-refractivity contribution in [2.75, 3.05) is 43.7 Å². The Morgan fingerprint density at radius 2 is 1.95 bits per heavy atom. The first kappa shape index (κ1) is 28.1. The van der Waals surface area contributed by atoms with Gasteiger partial charge in [0.15, 0.2) is 0 Å². The topological polar surface area (TPSA) is 90.7 Å². The van der Waals surface area contributed by atoms with Crippen LogP contribution in [0.1, 0.15) is 24.5 Å². The first-order chi connectivity index (χ1) is 20.0. The lowest BCUT2D eigenvalue weighted by Crippen LogP contribution is -2.60. The van der Waals surface area contributed by atoms with E-state index < -0.39 is 34.3 Å². The number of carboxylic acid groups (broad SMARTS) is 1. The largest absolute Gasteiger partial charge is 0.495 e. The molecule has 3 aliphatic rings. The van der Waals surface area contributed by atoms with Crippen LogP contribution in [-0.4, -0.2) is 66.8 Å². The summed E-state index contributed by atoms with van der Waals surface area (Å²) in [4.78, 5) is 26.8. The lowest BCUT2D eigenvalue weighted by Gasteiger charge is -2.47. The SMILES string of the molecule is COc1cc(N2CCN(C3=Nc4c(csc4F)C4(CC4C(=O)O)N3c3cc(C(F)(F)F)ccc3OC)C[C@H]2C)ccn1. The molecule has 4 heterocycles. The minimum atomic E-state index is -4.66. The van der Waals surface area contributed by atoms with Crippen LogP contribution in [0.3, 0.4) is 0 Å². The Bertz CT molecular complexity index is 1580. The zero-order valence-electron chi connectivity index (χ0n) is 22.9. The van der Waals surface area contributed by atoms with Gasteiger partial charge < -0.3 is 24.4 Å². The Labute approximate surface area is 242 Å². The van der Waals surface area contributed by atoms with E-state index in [0.29, 0.717) is 31.1 Å². The fraction of sp³-hybridized carbons (Fsp3) is 0.393. The molecule has 2 aromatic heterocycles. The Morgan fingerprint density at radius 3 is 2.60 bits per heavy atom. The number of methoxy groups -OCH3 is 2. The van der Waals surface area contributed by atoms with Gasteiger partial charge in [-0.1, -0.05) is 0 Å². The number of aromatic nitrogens is 1. The Kier molecular flexibility index (Phi) is 6.71. The second kappa shape index (κ2) is 10.0. The van der Waals surface area contributed by atoms with Gasteiger partial charge in [-0.3, -0.25) is 9.69 Å². The van der Waals surface area contributed by atoms with Gasteiger partial charge in [-0.05, 0) is 37.6 Å². The van der Waals surface area contributed by atoms with Crippen LogP contribution in [0, 0.1) is 11.0 Å². The van der Waals surface area contributed by atoms with Crippen LogP contribution in [-0.2, 0) is 16.5 Å². The number of anilines is 2. The lowest BCUT2D eigenvalue weighted by molar-refractivity contribution is -0.139. The highest BCUT2D eigenvalue weighted by Gasteiger charge is 2.68. The quantitative estimate of drug-likeness (QED) is 0.390. The zero-order valence-corrected chi connectivity index (χ0v) is 23.7. The van der Waals surface area contributed by atoms with Crippen LogP contribution >= 0.6 is 11.3 Å². The van der Waals surface area contributed by atoms with E-state index >= 15 is 4.39 Å². The number of hydrogen-bond donors (Lipinski definition) is 1. The van der Waals surface area contributed by atoms with E-state index in [4.69, 9.17) is 9.47 Å². The predicted molar refractivity (Wildman–Crippen MR) is 148 cm³/mol. The summed E-state index contributed by atoms with van der Waals surface area (Å²) >= 11 is 0.792. The highest BCUT2D eigenvalue weighted by atomic mass is 32.1. The first-order valence-electron chi connectivity index (χ1n) is 13.2. The number of carbonyl (C=O) groups is 1. The average Bonchev–Trinajstić information content (AvgIpc) is 3.59. The highest BCUT2D eigenvalue weighted by Crippen LogP contribution is 2.64. The Balaban J connectivity index is 1.47. The number of rotatable bonds is 5. The maximum atomic E-state index is 15.1. The van der Waals surface area contributed by atoms with Crippen molar-refractivity contribution in [3.63, 3.8) is 0 Å². The van der Waals surface area contributed by atoms with Crippen LogP contribution in [0.15, 0.2) is 46.9 Å². The van der Waals surface area contributed by atoms with Crippen molar-refractivity contribution in [2.45, 2.75) is 31.1 Å². The van der Waals surface area contributed by atoms with E-state index in [2.05, 4.69) is 14.9 Å². The third-order valence-electron chi connectivity index (χ3n) is 8.15. The molecular weight excluding hydrogens is 578 g/mol. The molecule has 2 fully saturated rings. The maximum Gasteiger partial charge on any atom is 0.416 e. The summed E-state index contributed by atoms with van der Waals surface area (Å²) in [6.07, 6.45) is -2.96. The number of ether oxygens (including phenoxy) is 2. The second-order valence-electron chi connectivity index (χ2n) is 10.5. The Hall–Kier alpha value is -4.07. The average molecular weight is 606 g/mol. The molecule has 1 spiro atoms. The van der Waals surface area contributed by atoms with Crippen LogP contribution in [0.4, 0.5) is 34.6 Å². The molecule has 14 heteroatoms. The number of benzene rings is 1. The van der Waals surface area contributed by atoms with Gasteiger partial charge >= 0.3 is 12.1 Å². The third kappa shape index (κ3) is 4.39. The van der Waals surface area contributed by atoms with Gasteiger partial charge in [-0.25, -0.2) is 9.98 Å². The number of carboxylic acids is 1. The van der Waals surface area contributed by atoms with Crippen molar-refractivity contribution >= 4 is 40.3 Å². The number of piperazine rings is 1. The molecule has 0 amide bonds. The van der Waals surface area contributed by atoms with Crippen molar-refractivity contribution in [2.24, 2.45) is 10.9 Å². The van der Waals surface area contributed by atoms with Crippen molar-refractivity contribution in [3.05, 3.63) is 58.2 Å². The van der Waals surface area contributed by atoms with Gasteiger partial charge in [0.25, 0.3) is 0 Å². The molecule has 6 rings (SSSR count). The number of pyridine rings is 1. The molecule has 0 bridgehead atoms. The van der Waals surface area contributed by atoms with E-state index in [1.165, 1.54) is 30.6 Å². The van der Waals surface area contributed by atoms with E-state index in [1.807, 2.05) is 24.0 Å². The van der Waals surface area contributed by atoms with Crippen LogP contribution in [0.2, 0.25) is 0 Å². The van der Waals surface area contributed by atoms with Gasteiger partial charge in [0.2, 0.25) is 17.0 Å². The summed E-state index contributed by atoms with van der Waals surface area (Å²) in [6, 6.07) is 6.63. The predicted octanol–water partition coefficient (Wildman–Crippen LogP) is 5.34. The van der Waals surface area contributed by atoms with E-state index in [0.717, 1.165) is 29.2 Å². The molecule has 42 heavy (non-hydrogen) atoms. The summed E-state index contributed by atoms with van der Waals surface area (Å²) in [5.74, 6) is -1.38. The summed E-state index contributed by atoms with van der Waals surface area (Å²) < 4.78 is 67.7. The van der Waals surface area contributed by atoms with Gasteiger partial charge in [-0.2, -0.15) is 17.6 Å². The second-order valence-corrected chi connectivity index (χ2v) is 11.3. The molecule has 3 aromatic rings. The van der Waals surface area contributed by atoms with E-state index in [9.17, 15) is 23.1 Å². The molecular formula is C28H27F4N5O4S. The minimum Gasteiger partial charge on any atom is -0.495 e. The van der Waals surface area contributed by atoms with Crippen molar-refractivity contribution in [3.8, 4) is 11.6 Å². The molecule has 1 saturated carbocycles. The van der Waals surface area contributed by atoms with Gasteiger partial charge in [0.1, 0.15) is 11.4 Å². The third-order valence-corrected chi connectivity index (χ3v) is 8.90. The fourth-order valence-electron chi connectivity index (χ4n) is 6.06. The molecule has 222 valence electrons.